The van der Waals surface area contributed by atoms with Crippen LogP contribution in [0.1, 0.15) is 354 Å². The molecule has 0 aliphatic carbocycles. The standard InChI is InChI=1S/C69H135NO10/c1-3-5-7-9-11-13-15-17-19-21-23-25-27-28-29-30-31-32-33-34-35-37-39-41-43-45-47-49-51-53-55-57-62(73)68(78)70-60(59-79-69-67(77)66(76)65(75)63(58-71)80-69)64(74)61(72)56-54-52-50-48-46-44-42-40-38-36-26-24-22-20-18-16-14-12-10-8-6-4-2/h48,50,60-67,69,71-77H,3-47,49,51-59H2,1-2H3,(H,70,78)/b50-48+. The van der Waals surface area contributed by atoms with Crippen molar-refractivity contribution in [1.82, 2.24) is 5.32 Å². The van der Waals surface area contributed by atoms with Gasteiger partial charge in [0.25, 0.3) is 0 Å². The summed E-state index contributed by atoms with van der Waals surface area (Å²) in [6.07, 6.45) is 60.2. The highest BCUT2D eigenvalue weighted by molar-refractivity contribution is 5.80. The van der Waals surface area contributed by atoms with Crippen molar-refractivity contribution < 1.29 is 50.0 Å². The number of rotatable bonds is 62. The summed E-state index contributed by atoms with van der Waals surface area (Å²) in [7, 11) is 0. The second kappa shape index (κ2) is 58.2. The SMILES string of the molecule is CCCCCCCCCCCCCCCCCCC/C=C/CCCC(O)C(O)C(COC1OC(CO)C(O)C(O)C1O)NC(=O)C(O)CCCCCCCCCCCCCCCCCCCCCCCCCCCCCCCCC. The number of carbonyl (C=O) groups excluding carboxylic acids is 1. The average molecular weight is 1140 g/mol. The first-order valence-electron chi connectivity index (χ1n) is 35.1. The number of nitrogens with one attached hydrogen (secondary N) is 1. The first-order valence-corrected chi connectivity index (χ1v) is 35.1. The Labute approximate surface area is 493 Å². The number of hydrogen-bond donors (Lipinski definition) is 8. The number of amides is 1. The normalized spacial score (nSPS) is 19.2. The Hall–Kier alpha value is -1.15. The van der Waals surface area contributed by atoms with Crippen molar-refractivity contribution >= 4 is 5.91 Å². The molecular formula is C69H135NO10. The molecule has 9 atom stereocenters. The maximum Gasteiger partial charge on any atom is 0.249 e. The van der Waals surface area contributed by atoms with E-state index in [1.165, 1.54) is 276 Å². The molecule has 1 heterocycles. The van der Waals surface area contributed by atoms with Crippen LogP contribution in [0.3, 0.4) is 0 Å². The topological polar surface area (TPSA) is 189 Å². The summed E-state index contributed by atoms with van der Waals surface area (Å²) in [4.78, 5) is 13.2. The number of hydrogen-bond acceptors (Lipinski definition) is 10. The molecule has 1 aliphatic rings. The summed E-state index contributed by atoms with van der Waals surface area (Å²) >= 11 is 0. The van der Waals surface area contributed by atoms with Gasteiger partial charge in [0.05, 0.1) is 25.4 Å². The van der Waals surface area contributed by atoms with E-state index < -0.39 is 74.2 Å². The molecule has 11 heteroatoms. The van der Waals surface area contributed by atoms with Gasteiger partial charge in [0.15, 0.2) is 6.29 Å². The molecule has 80 heavy (non-hydrogen) atoms. The van der Waals surface area contributed by atoms with E-state index in [1.807, 2.05) is 0 Å². The Bertz CT molecular complexity index is 1310. The van der Waals surface area contributed by atoms with Gasteiger partial charge in [-0.3, -0.25) is 4.79 Å². The molecule has 0 saturated carbocycles. The molecule has 476 valence electrons. The van der Waals surface area contributed by atoms with Crippen molar-refractivity contribution in [3.63, 3.8) is 0 Å². The molecule has 0 aromatic heterocycles. The monoisotopic (exact) mass is 1140 g/mol. The third-order valence-electron chi connectivity index (χ3n) is 17.3. The average Bonchev–Trinajstić information content (AvgIpc) is 3.47. The Morgan fingerprint density at radius 2 is 0.738 bits per heavy atom. The van der Waals surface area contributed by atoms with Crippen LogP contribution in [-0.2, 0) is 14.3 Å². The van der Waals surface area contributed by atoms with Gasteiger partial charge in [-0.25, -0.2) is 0 Å². The first kappa shape index (κ1) is 76.9. The summed E-state index contributed by atoms with van der Waals surface area (Å²) < 4.78 is 11.2. The Kier molecular flexibility index (Phi) is 56.0. The molecule has 0 aromatic carbocycles. The van der Waals surface area contributed by atoms with Crippen LogP contribution in [0.5, 0.6) is 0 Å². The maximum atomic E-state index is 13.2. The van der Waals surface area contributed by atoms with Crippen molar-refractivity contribution in [1.29, 1.82) is 0 Å². The van der Waals surface area contributed by atoms with Crippen LogP contribution in [0, 0.1) is 0 Å². The van der Waals surface area contributed by atoms with Crippen molar-refractivity contribution in [3.05, 3.63) is 12.2 Å². The van der Waals surface area contributed by atoms with Crippen LogP contribution in [0.15, 0.2) is 12.2 Å². The summed E-state index contributed by atoms with van der Waals surface area (Å²) in [5.41, 5.74) is 0. The summed E-state index contributed by atoms with van der Waals surface area (Å²) in [5, 5.41) is 76.4. The van der Waals surface area contributed by atoms with E-state index >= 15 is 0 Å². The van der Waals surface area contributed by atoms with Gasteiger partial charge in [0, 0.05) is 0 Å². The molecule has 1 rings (SSSR count). The van der Waals surface area contributed by atoms with Crippen LogP contribution in [0.2, 0.25) is 0 Å². The molecule has 8 N–H and O–H groups in total. The van der Waals surface area contributed by atoms with Crippen molar-refractivity contribution in [2.75, 3.05) is 13.2 Å². The van der Waals surface area contributed by atoms with Gasteiger partial charge in [-0.05, 0) is 38.5 Å². The van der Waals surface area contributed by atoms with Crippen molar-refractivity contribution in [3.8, 4) is 0 Å². The Morgan fingerprint density at radius 1 is 0.425 bits per heavy atom. The van der Waals surface area contributed by atoms with Crippen LogP contribution in [-0.4, -0.2) is 110 Å². The molecule has 1 saturated heterocycles. The van der Waals surface area contributed by atoms with Crippen molar-refractivity contribution in [2.24, 2.45) is 0 Å². The molecule has 1 amide bonds. The number of ether oxygens (including phenoxy) is 2. The Morgan fingerprint density at radius 3 is 1.07 bits per heavy atom. The predicted molar refractivity (Wildman–Crippen MR) is 335 cm³/mol. The zero-order valence-corrected chi connectivity index (χ0v) is 52.6. The predicted octanol–water partition coefficient (Wildman–Crippen LogP) is 16.6. The highest BCUT2D eigenvalue weighted by Gasteiger charge is 2.44. The van der Waals surface area contributed by atoms with Gasteiger partial charge in [0.2, 0.25) is 5.91 Å². The van der Waals surface area contributed by atoms with E-state index in [2.05, 4.69) is 31.3 Å². The second-order valence-corrected chi connectivity index (χ2v) is 25.0. The van der Waals surface area contributed by atoms with Crippen LogP contribution >= 0.6 is 0 Å². The fraction of sp³-hybridized carbons (Fsp3) is 0.957. The van der Waals surface area contributed by atoms with Gasteiger partial charge in [-0.2, -0.15) is 0 Å². The molecule has 11 nitrogen and oxygen atoms in total. The van der Waals surface area contributed by atoms with E-state index in [4.69, 9.17) is 9.47 Å². The minimum atomic E-state index is -1.67. The van der Waals surface area contributed by atoms with Gasteiger partial charge >= 0.3 is 0 Å². The molecule has 0 radical (unpaired) electrons. The van der Waals surface area contributed by atoms with Gasteiger partial charge in [-0.1, -0.05) is 328 Å². The lowest BCUT2D eigenvalue weighted by Gasteiger charge is -2.40. The summed E-state index contributed by atoms with van der Waals surface area (Å²) in [6.45, 7) is 3.51. The zero-order chi connectivity index (χ0) is 58.2. The van der Waals surface area contributed by atoms with Gasteiger partial charge < -0.3 is 50.5 Å². The van der Waals surface area contributed by atoms with E-state index in [9.17, 15) is 40.5 Å². The van der Waals surface area contributed by atoms with E-state index in [-0.39, 0.29) is 12.8 Å². The quantitative estimate of drug-likeness (QED) is 0.0215. The molecule has 0 bridgehead atoms. The minimum Gasteiger partial charge on any atom is -0.394 e. The second-order valence-electron chi connectivity index (χ2n) is 25.0. The highest BCUT2D eigenvalue weighted by Crippen LogP contribution is 2.24. The third kappa shape index (κ3) is 45.2. The lowest BCUT2D eigenvalue weighted by atomic mass is 9.98. The molecule has 0 aromatic rings. The van der Waals surface area contributed by atoms with Crippen LogP contribution in [0.4, 0.5) is 0 Å². The minimum absolute atomic E-state index is 0.260. The third-order valence-corrected chi connectivity index (χ3v) is 17.3. The maximum absolute atomic E-state index is 13.2. The van der Waals surface area contributed by atoms with Crippen LogP contribution < -0.4 is 5.32 Å². The van der Waals surface area contributed by atoms with Crippen molar-refractivity contribution in [2.45, 2.75) is 409 Å². The smallest absolute Gasteiger partial charge is 0.249 e. The van der Waals surface area contributed by atoms with Crippen LogP contribution in [0.25, 0.3) is 0 Å². The number of aliphatic hydroxyl groups excluding tert-OH is 7. The van der Waals surface area contributed by atoms with Gasteiger partial charge in [0.1, 0.15) is 36.6 Å². The fourth-order valence-electron chi connectivity index (χ4n) is 11.7. The molecule has 1 aliphatic heterocycles. The van der Waals surface area contributed by atoms with E-state index in [0.717, 1.165) is 38.5 Å². The lowest BCUT2D eigenvalue weighted by Crippen LogP contribution is -2.60. The van der Waals surface area contributed by atoms with E-state index in [1.54, 1.807) is 0 Å². The zero-order valence-electron chi connectivity index (χ0n) is 52.6. The Balaban J connectivity index is 2.19. The summed E-state index contributed by atoms with van der Waals surface area (Å²) in [5.74, 6) is -0.698. The molecular weight excluding hydrogens is 1000 g/mol. The largest absolute Gasteiger partial charge is 0.394 e. The fourth-order valence-corrected chi connectivity index (χ4v) is 11.7. The molecule has 0 spiro atoms. The van der Waals surface area contributed by atoms with E-state index in [0.29, 0.717) is 12.8 Å². The lowest BCUT2D eigenvalue weighted by molar-refractivity contribution is -0.303. The molecule has 1 fully saturated rings. The number of allylic oxidation sites excluding steroid dienone is 2. The first-order chi connectivity index (χ1) is 39.2. The number of unbranched alkanes of at least 4 members (excludes halogenated alkanes) is 48. The highest BCUT2D eigenvalue weighted by atomic mass is 16.7. The number of aliphatic hydroxyl groups is 7. The number of carbonyl (C=O) groups is 1. The summed E-state index contributed by atoms with van der Waals surface area (Å²) in [6, 6.07) is -1.18. The van der Waals surface area contributed by atoms with Gasteiger partial charge in [-0.15, -0.1) is 0 Å². The molecule has 9 unspecified atom stereocenters.